The second-order valence-electron chi connectivity index (χ2n) is 5.41. The second-order valence-corrected chi connectivity index (χ2v) is 6.39. The predicted octanol–water partition coefficient (Wildman–Crippen LogP) is 3.87. The number of benzene rings is 1. The van der Waals surface area contributed by atoms with E-state index in [0.717, 1.165) is 5.75 Å². The minimum atomic E-state index is 0.239. The average molecular weight is 279 g/mol. The molecule has 0 aromatic heterocycles. The normalized spacial score (nSPS) is 11.1. The van der Waals surface area contributed by atoms with Gasteiger partial charge in [-0.1, -0.05) is 24.3 Å². The van der Waals surface area contributed by atoms with Gasteiger partial charge in [0.2, 0.25) is 5.91 Å². The van der Waals surface area contributed by atoms with Crippen LogP contribution < -0.4 is 0 Å². The molecule has 0 aliphatic rings. The molecule has 106 valence electrons. The SMILES string of the molecule is Cc1ccccc1CSCC(=O)N(C(C)C)C(C)C. The molecule has 0 heterocycles. The Morgan fingerprint density at radius 2 is 1.74 bits per heavy atom. The summed E-state index contributed by atoms with van der Waals surface area (Å²) in [5.74, 6) is 1.70. The van der Waals surface area contributed by atoms with Gasteiger partial charge >= 0.3 is 0 Å². The van der Waals surface area contributed by atoms with Crippen LogP contribution in [0.25, 0.3) is 0 Å². The van der Waals surface area contributed by atoms with Gasteiger partial charge in [-0.3, -0.25) is 4.79 Å². The van der Waals surface area contributed by atoms with E-state index >= 15 is 0 Å². The molecule has 19 heavy (non-hydrogen) atoms. The molecule has 0 aliphatic heterocycles. The van der Waals surface area contributed by atoms with Gasteiger partial charge in [-0.05, 0) is 45.7 Å². The van der Waals surface area contributed by atoms with Crippen molar-refractivity contribution in [2.24, 2.45) is 0 Å². The summed E-state index contributed by atoms with van der Waals surface area (Å²) < 4.78 is 0. The van der Waals surface area contributed by atoms with Crippen molar-refractivity contribution in [3.05, 3.63) is 35.4 Å². The average Bonchev–Trinajstić information content (AvgIpc) is 2.30. The molecule has 1 aromatic rings. The van der Waals surface area contributed by atoms with E-state index in [-0.39, 0.29) is 18.0 Å². The Hall–Kier alpha value is -0.960. The van der Waals surface area contributed by atoms with Crippen LogP contribution in [0.4, 0.5) is 0 Å². The number of rotatable bonds is 6. The summed E-state index contributed by atoms with van der Waals surface area (Å²) in [6.45, 7) is 10.4. The van der Waals surface area contributed by atoms with E-state index in [1.807, 2.05) is 11.0 Å². The first kappa shape index (κ1) is 16.1. The third kappa shape index (κ3) is 4.90. The maximum absolute atomic E-state index is 12.2. The summed E-state index contributed by atoms with van der Waals surface area (Å²) >= 11 is 1.70. The number of carbonyl (C=O) groups excluding carboxylic acids is 1. The number of carbonyl (C=O) groups is 1. The van der Waals surface area contributed by atoms with Crippen molar-refractivity contribution in [2.45, 2.75) is 52.5 Å². The van der Waals surface area contributed by atoms with Gasteiger partial charge in [-0.25, -0.2) is 0 Å². The van der Waals surface area contributed by atoms with Gasteiger partial charge in [0.1, 0.15) is 0 Å². The Morgan fingerprint density at radius 3 is 2.26 bits per heavy atom. The molecule has 0 fully saturated rings. The molecule has 0 aliphatic carbocycles. The Morgan fingerprint density at radius 1 is 1.16 bits per heavy atom. The molecule has 0 atom stereocenters. The van der Waals surface area contributed by atoms with Crippen molar-refractivity contribution in [1.82, 2.24) is 4.90 Å². The fourth-order valence-electron chi connectivity index (χ4n) is 2.27. The van der Waals surface area contributed by atoms with Gasteiger partial charge in [0, 0.05) is 17.8 Å². The van der Waals surface area contributed by atoms with E-state index < -0.39 is 0 Å². The smallest absolute Gasteiger partial charge is 0.233 e. The summed E-state index contributed by atoms with van der Waals surface area (Å²) in [4.78, 5) is 14.2. The molecule has 0 saturated carbocycles. The number of hydrogen-bond donors (Lipinski definition) is 0. The second kappa shape index (κ2) is 7.59. The van der Waals surface area contributed by atoms with Crippen molar-refractivity contribution in [2.75, 3.05) is 5.75 Å². The lowest BCUT2D eigenvalue weighted by Crippen LogP contribution is -2.43. The lowest BCUT2D eigenvalue weighted by Gasteiger charge is -2.30. The molecular formula is C16H25NOS. The van der Waals surface area contributed by atoms with Gasteiger partial charge < -0.3 is 4.90 Å². The Kier molecular flexibility index (Phi) is 6.43. The number of nitrogens with zero attached hydrogens (tertiary/aromatic N) is 1. The minimum absolute atomic E-state index is 0.239. The third-order valence-corrected chi connectivity index (χ3v) is 4.11. The van der Waals surface area contributed by atoms with Crippen LogP contribution in [0.15, 0.2) is 24.3 Å². The first-order valence-corrected chi connectivity index (χ1v) is 8.02. The van der Waals surface area contributed by atoms with Gasteiger partial charge in [0.25, 0.3) is 0 Å². The van der Waals surface area contributed by atoms with E-state index in [2.05, 4.69) is 52.8 Å². The van der Waals surface area contributed by atoms with Crippen LogP contribution >= 0.6 is 11.8 Å². The Balaban J connectivity index is 2.49. The first-order valence-electron chi connectivity index (χ1n) is 6.87. The van der Waals surface area contributed by atoms with Crippen LogP contribution in [0.2, 0.25) is 0 Å². The van der Waals surface area contributed by atoms with Crippen LogP contribution in [0.5, 0.6) is 0 Å². The molecule has 1 rings (SSSR count). The van der Waals surface area contributed by atoms with E-state index in [4.69, 9.17) is 0 Å². The quantitative estimate of drug-likeness (QED) is 0.788. The zero-order chi connectivity index (χ0) is 14.4. The van der Waals surface area contributed by atoms with Crippen molar-refractivity contribution >= 4 is 17.7 Å². The van der Waals surface area contributed by atoms with Crippen molar-refractivity contribution < 1.29 is 4.79 Å². The fourth-order valence-corrected chi connectivity index (χ4v) is 3.24. The highest BCUT2D eigenvalue weighted by molar-refractivity contribution is 7.99. The monoisotopic (exact) mass is 279 g/mol. The number of amides is 1. The summed E-state index contributed by atoms with van der Waals surface area (Å²) in [7, 11) is 0. The molecule has 3 heteroatoms. The highest BCUT2D eigenvalue weighted by Gasteiger charge is 2.19. The van der Waals surface area contributed by atoms with Crippen LogP contribution in [0.3, 0.4) is 0 Å². The third-order valence-electron chi connectivity index (χ3n) is 3.15. The van der Waals surface area contributed by atoms with E-state index in [9.17, 15) is 4.79 Å². The standard InChI is InChI=1S/C16H25NOS/c1-12(2)17(13(3)4)16(18)11-19-10-15-9-7-6-8-14(15)5/h6-9,12-13H,10-11H2,1-5H3. The van der Waals surface area contributed by atoms with E-state index in [1.54, 1.807) is 11.8 Å². The summed E-state index contributed by atoms with van der Waals surface area (Å²) in [6, 6.07) is 8.90. The predicted molar refractivity (Wildman–Crippen MR) is 84.5 cm³/mol. The fraction of sp³-hybridized carbons (Fsp3) is 0.562. The van der Waals surface area contributed by atoms with E-state index in [0.29, 0.717) is 5.75 Å². The molecular weight excluding hydrogens is 254 g/mol. The highest BCUT2D eigenvalue weighted by Crippen LogP contribution is 2.17. The Bertz CT molecular complexity index is 407. The molecule has 0 radical (unpaired) electrons. The Labute approximate surface area is 121 Å². The molecule has 0 spiro atoms. The zero-order valence-electron chi connectivity index (χ0n) is 12.6. The van der Waals surface area contributed by atoms with Gasteiger partial charge in [-0.15, -0.1) is 11.8 Å². The maximum atomic E-state index is 12.2. The topological polar surface area (TPSA) is 20.3 Å². The van der Waals surface area contributed by atoms with Crippen LogP contribution in [0, 0.1) is 6.92 Å². The summed E-state index contributed by atoms with van der Waals surface area (Å²) in [5, 5.41) is 0. The van der Waals surface area contributed by atoms with E-state index in [1.165, 1.54) is 11.1 Å². The summed E-state index contributed by atoms with van der Waals surface area (Å²) in [5.41, 5.74) is 2.62. The van der Waals surface area contributed by atoms with Gasteiger partial charge in [0.05, 0.1) is 5.75 Å². The maximum Gasteiger partial charge on any atom is 0.233 e. The lowest BCUT2D eigenvalue weighted by molar-refractivity contribution is -0.131. The summed E-state index contributed by atoms with van der Waals surface area (Å²) in [6.07, 6.45) is 0. The van der Waals surface area contributed by atoms with Crippen LogP contribution in [0.1, 0.15) is 38.8 Å². The van der Waals surface area contributed by atoms with Crippen molar-refractivity contribution in [1.29, 1.82) is 0 Å². The minimum Gasteiger partial charge on any atom is -0.337 e. The molecule has 0 bridgehead atoms. The highest BCUT2D eigenvalue weighted by atomic mass is 32.2. The number of hydrogen-bond acceptors (Lipinski definition) is 2. The lowest BCUT2D eigenvalue weighted by atomic mass is 10.1. The van der Waals surface area contributed by atoms with Crippen molar-refractivity contribution in [3.63, 3.8) is 0 Å². The van der Waals surface area contributed by atoms with Crippen LogP contribution in [-0.4, -0.2) is 28.6 Å². The first-order chi connectivity index (χ1) is 8.93. The van der Waals surface area contributed by atoms with Gasteiger partial charge in [0.15, 0.2) is 0 Å². The molecule has 2 nitrogen and oxygen atoms in total. The van der Waals surface area contributed by atoms with Gasteiger partial charge in [-0.2, -0.15) is 0 Å². The molecule has 0 N–H and O–H groups in total. The van der Waals surface area contributed by atoms with Crippen molar-refractivity contribution in [3.8, 4) is 0 Å². The number of aryl methyl sites for hydroxylation is 1. The van der Waals surface area contributed by atoms with Crippen LogP contribution in [-0.2, 0) is 10.5 Å². The molecule has 0 saturated heterocycles. The molecule has 1 amide bonds. The molecule has 1 aromatic carbocycles. The molecule has 0 unspecified atom stereocenters. The largest absolute Gasteiger partial charge is 0.337 e. The number of thioether (sulfide) groups is 1. The zero-order valence-corrected chi connectivity index (χ0v) is 13.5.